The number of alkyl halides is 1. The molecule has 0 saturated carbocycles. The molecule has 3 rings (SSSR count). The number of hydrogen-bond donors (Lipinski definition) is 3. The van der Waals surface area contributed by atoms with Crippen LogP contribution in [0, 0.1) is 5.92 Å². The van der Waals surface area contributed by atoms with Crippen LogP contribution in [0.15, 0.2) is 11.1 Å². The van der Waals surface area contributed by atoms with Gasteiger partial charge in [-0.3, -0.25) is 19.1 Å². The number of hydrogen-bond acceptors (Lipinski definition) is 10. The van der Waals surface area contributed by atoms with Crippen LogP contribution in [0.1, 0.15) is 71.9 Å². The lowest BCUT2D eigenvalue weighted by Crippen LogP contribution is -2.42. The van der Waals surface area contributed by atoms with E-state index < -0.39 is 48.1 Å². The van der Waals surface area contributed by atoms with E-state index in [1.54, 1.807) is 0 Å². The molecular weight excluding hydrogens is 487 g/mol. The Hall–Kier alpha value is -3.06. The van der Waals surface area contributed by atoms with Gasteiger partial charge in [0, 0.05) is 6.42 Å². The van der Waals surface area contributed by atoms with Crippen LogP contribution in [0.4, 0.5) is 10.3 Å². The number of carbonyl (C=O) groups excluding carboxylic acids is 2. The van der Waals surface area contributed by atoms with Crippen molar-refractivity contribution in [1.82, 2.24) is 19.5 Å². The number of ether oxygens (including phenoxy) is 3. The van der Waals surface area contributed by atoms with Gasteiger partial charge in [0.2, 0.25) is 5.95 Å². The highest BCUT2D eigenvalue weighted by Crippen LogP contribution is 2.32. The van der Waals surface area contributed by atoms with Gasteiger partial charge < -0.3 is 25.7 Å². The smallest absolute Gasteiger partial charge is 0.347 e. The molecule has 0 aliphatic carbocycles. The first-order chi connectivity index (χ1) is 17.7. The van der Waals surface area contributed by atoms with Crippen molar-refractivity contribution in [2.75, 3.05) is 12.3 Å². The van der Waals surface area contributed by atoms with E-state index in [0.29, 0.717) is 12.8 Å². The Bertz CT molecular complexity index is 1120. The maximum Gasteiger partial charge on any atom is 0.347 e. The van der Waals surface area contributed by atoms with Gasteiger partial charge in [-0.05, 0) is 18.8 Å². The van der Waals surface area contributed by atoms with Crippen molar-refractivity contribution in [3.63, 3.8) is 0 Å². The monoisotopic (exact) mass is 524 g/mol. The Balaban J connectivity index is 1.62. The molecule has 2 aromatic heterocycles. The predicted octanol–water partition coefficient (Wildman–Crippen LogP) is 2.13. The lowest BCUT2D eigenvalue weighted by atomic mass is 10.0. The third kappa shape index (κ3) is 7.04. The first kappa shape index (κ1) is 28.5. The second-order valence-corrected chi connectivity index (χ2v) is 9.47. The van der Waals surface area contributed by atoms with E-state index in [1.807, 2.05) is 13.8 Å². The minimum atomic E-state index is -1.46. The summed E-state index contributed by atoms with van der Waals surface area (Å²) in [4.78, 5) is 47.8. The highest BCUT2D eigenvalue weighted by Gasteiger charge is 2.39. The Morgan fingerprint density at radius 1 is 1.30 bits per heavy atom. The zero-order valence-corrected chi connectivity index (χ0v) is 21.5. The molecule has 0 spiro atoms. The van der Waals surface area contributed by atoms with Crippen LogP contribution in [0.3, 0.4) is 0 Å². The topological polar surface area (TPSA) is 177 Å². The summed E-state index contributed by atoms with van der Waals surface area (Å²) in [5, 5.41) is 0. The molecule has 13 heteroatoms. The summed E-state index contributed by atoms with van der Waals surface area (Å²) in [7, 11) is 0. The number of halogens is 1. The van der Waals surface area contributed by atoms with Crippen LogP contribution in [0.25, 0.3) is 11.2 Å². The van der Waals surface area contributed by atoms with E-state index >= 15 is 0 Å². The van der Waals surface area contributed by atoms with E-state index in [0.717, 1.165) is 19.3 Å². The average Bonchev–Trinajstić information content (AvgIpc) is 3.46. The Kier molecular flexibility index (Phi) is 9.98. The quantitative estimate of drug-likeness (QED) is 0.260. The van der Waals surface area contributed by atoms with Crippen LogP contribution in [0.5, 0.6) is 0 Å². The lowest BCUT2D eigenvalue weighted by molar-refractivity contribution is -0.173. The van der Waals surface area contributed by atoms with Gasteiger partial charge in [-0.1, -0.05) is 46.5 Å². The number of H-pyrrole nitrogens is 1. The van der Waals surface area contributed by atoms with Gasteiger partial charge in [0.15, 0.2) is 17.3 Å². The fourth-order valence-corrected chi connectivity index (χ4v) is 4.11. The summed E-state index contributed by atoms with van der Waals surface area (Å²) in [6, 6.07) is -0.857. The number of nitrogen functional groups attached to an aromatic ring is 1. The second-order valence-electron chi connectivity index (χ2n) is 9.47. The van der Waals surface area contributed by atoms with Gasteiger partial charge in [-0.2, -0.15) is 4.98 Å². The average molecular weight is 525 g/mol. The standard InChI is InChI=1S/C24H37FN6O6/c1-4-6-7-8-9-15(37-23(34)18(26)13(3)5-2)22(33)35-11-16-14(25)10-17(36-16)31-12-28-19-20(31)29-24(27)30-21(19)32/h12-18H,4-11,26H2,1-3H3,(H3,27,29,30,32)/t13-,14-,15?,16+,17+,18-/m0/s1. The predicted molar refractivity (Wildman–Crippen MR) is 133 cm³/mol. The first-order valence-corrected chi connectivity index (χ1v) is 12.8. The number of nitrogens with two attached hydrogens (primary N) is 2. The molecule has 1 aliphatic heterocycles. The number of anilines is 1. The van der Waals surface area contributed by atoms with Crippen molar-refractivity contribution in [3.8, 4) is 0 Å². The number of aromatic amines is 1. The third-order valence-electron chi connectivity index (χ3n) is 6.68. The number of rotatable bonds is 13. The molecule has 206 valence electrons. The minimum Gasteiger partial charge on any atom is -0.460 e. The molecule has 1 saturated heterocycles. The third-order valence-corrected chi connectivity index (χ3v) is 6.68. The van der Waals surface area contributed by atoms with Gasteiger partial charge in [-0.15, -0.1) is 0 Å². The number of carbonyl (C=O) groups is 2. The highest BCUT2D eigenvalue weighted by atomic mass is 19.1. The molecule has 3 heterocycles. The number of nitrogens with one attached hydrogen (secondary N) is 1. The molecule has 1 aliphatic rings. The van der Waals surface area contributed by atoms with Crippen molar-refractivity contribution < 1.29 is 28.2 Å². The molecule has 37 heavy (non-hydrogen) atoms. The summed E-state index contributed by atoms with van der Waals surface area (Å²) >= 11 is 0. The maximum absolute atomic E-state index is 14.8. The van der Waals surface area contributed by atoms with Crippen LogP contribution >= 0.6 is 0 Å². The minimum absolute atomic E-state index is 0.0476. The molecule has 1 unspecified atom stereocenters. The van der Waals surface area contributed by atoms with E-state index in [-0.39, 0.29) is 42.5 Å². The number of imidazole rings is 1. The van der Waals surface area contributed by atoms with Crippen molar-refractivity contribution >= 4 is 29.1 Å². The fraction of sp³-hybridized carbons (Fsp3) is 0.708. The summed E-state index contributed by atoms with van der Waals surface area (Å²) in [5.41, 5.74) is 11.3. The number of nitrogens with zero attached hydrogens (tertiary/aromatic N) is 3. The molecule has 5 N–H and O–H groups in total. The fourth-order valence-electron chi connectivity index (χ4n) is 4.11. The summed E-state index contributed by atoms with van der Waals surface area (Å²) in [6.07, 6.45) is 1.27. The summed E-state index contributed by atoms with van der Waals surface area (Å²) in [6.45, 7) is 5.43. The van der Waals surface area contributed by atoms with E-state index in [9.17, 15) is 18.8 Å². The first-order valence-electron chi connectivity index (χ1n) is 12.8. The van der Waals surface area contributed by atoms with Crippen LogP contribution in [-0.4, -0.2) is 62.5 Å². The largest absolute Gasteiger partial charge is 0.460 e. The number of fused-ring (bicyclic) bond motifs is 1. The number of unbranched alkanes of at least 4 members (excludes halogenated alkanes) is 3. The molecule has 1 fully saturated rings. The highest BCUT2D eigenvalue weighted by molar-refractivity contribution is 5.82. The van der Waals surface area contributed by atoms with Crippen LogP contribution in [0.2, 0.25) is 0 Å². The SMILES string of the molecule is CCCCCCC(OC(=O)[C@@H](N)[C@@H](C)CC)C(=O)OC[C@H]1O[C@@H](n2cnc3c(=O)[nH]c(N)nc32)C[C@@H]1F. The molecule has 12 nitrogen and oxygen atoms in total. The van der Waals surface area contributed by atoms with Gasteiger partial charge >= 0.3 is 11.9 Å². The van der Waals surface area contributed by atoms with Crippen molar-refractivity contribution in [1.29, 1.82) is 0 Å². The van der Waals surface area contributed by atoms with Gasteiger partial charge in [0.05, 0.1) is 6.33 Å². The summed E-state index contributed by atoms with van der Waals surface area (Å²) in [5.74, 6) is -1.65. The molecule has 0 aromatic carbocycles. The van der Waals surface area contributed by atoms with E-state index in [2.05, 4.69) is 21.9 Å². The molecule has 2 aromatic rings. The Labute approximate surface area is 214 Å². The van der Waals surface area contributed by atoms with Crippen LogP contribution < -0.4 is 17.0 Å². The van der Waals surface area contributed by atoms with Gasteiger partial charge in [0.1, 0.15) is 31.2 Å². The van der Waals surface area contributed by atoms with Gasteiger partial charge in [0.25, 0.3) is 5.56 Å². The lowest BCUT2D eigenvalue weighted by Gasteiger charge is -2.22. The zero-order valence-electron chi connectivity index (χ0n) is 21.5. The van der Waals surface area contributed by atoms with E-state index in [1.165, 1.54) is 10.9 Å². The van der Waals surface area contributed by atoms with E-state index in [4.69, 9.17) is 25.7 Å². The number of aromatic nitrogens is 4. The number of esters is 2. The summed E-state index contributed by atoms with van der Waals surface area (Å²) < 4.78 is 32.8. The Morgan fingerprint density at radius 2 is 2.05 bits per heavy atom. The molecule has 0 bridgehead atoms. The molecular formula is C24H37FN6O6. The van der Waals surface area contributed by atoms with Crippen LogP contribution in [-0.2, 0) is 23.8 Å². The van der Waals surface area contributed by atoms with Crippen molar-refractivity contribution in [2.45, 2.75) is 96.4 Å². The van der Waals surface area contributed by atoms with Gasteiger partial charge in [-0.25, -0.2) is 14.2 Å². The molecule has 0 amide bonds. The van der Waals surface area contributed by atoms with Crippen molar-refractivity contribution in [2.24, 2.45) is 11.7 Å². The molecule has 0 radical (unpaired) electrons. The second kappa shape index (κ2) is 13.0. The molecule has 6 atom stereocenters. The van der Waals surface area contributed by atoms with Crippen molar-refractivity contribution in [3.05, 3.63) is 16.7 Å². The zero-order chi connectivity index (χ0) is 27.1. The Morgan fingerprint density at radius 3 is 2.76 bits per heavy atom. The maximum atomic E-state index is 14.8. The normalized spacial score (nSPS) is 22.0.